The van der Waals surface area contributed by atoms with Gasteiger partial charge in [-0.25, -0.2) is 9.59 Å². The number of dihydropyridines is 1. The zero-order valence-corrected chi connectivity index (χ0v) is 24.5. The standard InChI is InChI=1S/C33H41N3O5/c1-22-29(32(38)40-3)31(30(23(2)34-22)33(39)41-4)26-13-10-14-27(21-26)35-28(37)15-8-9-18-36-19-16-25(17-20-36)24-11-6-5-7-12-24/h5-7,10-14,21,25,31,34H,8-9,15-20H2,1-4H3,(H,35,37). The molecule has 0 aliphatic carbocycles. The highest BCUT2D eigenvalue weighted by Gasteiger charge is 2.37. The molecule has 1 saturated heterocycles. The Kier molecular flexibility index (Phi) is 10.4. The molecule has 2 aliphatic rings. The maximum absolute atomic E-state index is 12.8. The number of methoxy groups -OCH3 is 2. The molecule has 8 heteroatoms. The first-order valence-corrected chi connectivity index (χ1v) is 14.3. The summed E-state index contributed by atoms with van der Waals surface area (Å²) < 4.78 is 10.1. The summed E-state index contributed by atoms with van der Waals surface area (Å²) in [5.74, 6) is -1.18. The number of benzene rings is 2. The van der Waals surface area contributed by atoms with Gasteiger partial charge in [0.25, 0.3) is 0 Å². The number of hydrogen-bond donors (Lipinski definition) is 2. The van der Waals surface area contributed by atoms with Crippen molar-refractivity contribution in [3.8, 4) is 0 Å². The van der Waals surface area contributed by atoms with Gasteiger partial charge in [-0.3, -0.25) is 4.79 Å². The fourth-order valence-electron chi connectivity index (χ4n) is 5.94. The second-order valence-corrected chi connectivity index (χ2v) is 10.8. The Morgan fingerprint density at radius 2 is 1.46 bits per heavy atom. The Morgan fingerprint density at radius 1 is 0.854 bits per heavy atom. The average molecular weight is 560 g/mol. The predicted octanol–water partition coefficient (Wildman–Crippen LogP) is 5.26. The Hall–Kier alpha value is -3.91. The van der Waals surface area contributed by atoms with Crippen molar-refractivity contribution in [1.29, 1.82) is 0 Å². The molecule has 1 amide bonds. The van der Waals surface area contributed by atoms with Crippen LogP contribution in [0.5, 0.6) is 0 Å². The van der Waals surface area contributed by atoms with E-state index in [2.05, 4.69) is 45.9 Å². The number of carbonyl (C=O) groups is 3. The zero-order chi connectivity index (χ0) is 29.4. The van der Waals surface area contributed by atoms with Gasteiger partial charge in [-0.15, -0.1) is 0 Å². The van der Waals surface area contributed by atoms with Crippen LogP contribution in [0.1, 0.15) is 68.9 Å². The van der Waals surface area contributed by atoms with E-state index >= 15 is 0 Å². The molecule has 2 N–H and O–H groups in total. The number of esters is 2. The summed E-state index contributed by atoms with van der Waals surface area (Å²) in [5, 5.41) is 6.09. The third-order valence-corrected chi connectivity index (χ3v) is 8.06. The Labute approximate surface area is 242 Å². The summed E-state index contributed by atoms with van der Waals surface area (Å²) in [5.41, 5.74) is 4.59. The molecule has 0 bridgehead atoms. The van der Waals surface area contributed by atoms with E-state index in [1.165, 1.54) is 32.6 Å². The van der Waals surface area contributed by atoms with Gasteiger partial charge in [0, 0.05) is 23.5 Å². The molecular formula is C33H41N3O5. The van der Waals surface area contributed by atoms with E-state index in [-0.39, 0.29) is 5.91 Å². The molecule has 218 valence electrons. The lowest BCUT2D eigenvalue weighted by Crippen LogP contribution is -2.33. The molecule has 2 aliphatic heterocycles. The molecule has 2 aromatic carbocycles. The summed E-state index contributed by atoms with van der Waals surface area (Å²) >= 11 is 0. The summed E-state index contributed by atoms with van der Waals surface area (Å²) in [6.45, 7) is 6.74. The van der Waals surface area contributed by atoms with E-state index in [0.29, 0.717) is 46.1 Å². The van der Waals surface area contributed by atoms with Crippen LogP contribution >= 0.6 is 0 Å². The summed E-state index contributed by atoms with van der Waals surface area (Å²) in [6.07, 6.45) is 4.56. The van der Waals surface area contributed by atoms with Crippen molar-refractivity contribution in [3.63, 3.8) is 0 Å². The topological polar surface area (TPSA) is 97.0 Å². The third-order valence-electron chi connectivity index (χ3n) is 8.06. The zero-order valence-electron chi connectivity index (χ0n) is 24.5. The first kappa shape index (κ1) is 30.1. The molecule has 0 saturated carbocycles. The highest BCUT2D eigenvalue weighted by molar-refractivity contribution is 6.00. The maximum Gasteiger partial charge on any atom is 0.336 e. The van der Waals surface area contributed by atoms with E-state index in [0.717, 1.165) is 32.5 Å². The van der Waals surface area contributed by atoms with Crippen LogP contribution in [0.25, 0.3) is 0 Å². The van der Waals surface area contributed by atoms with Gasteiger partial charge in [0.15, 0.2) is 0 Å². The molecular weight excluding hydrogens is 518 g/mol. The first-order chi connectivity index (χ1) is 19.8. The number of carbonyl (C=O) groups excluding carboxylic acids is 3. The average Bonchev–Trinajstić information content (AvgIpc) is 2.99. The van der Waals surface area contributed by atoms with Crippen molar-refractivity contribution in [2.45, 2.75) is 57.8 Å². The second-order valence-electron chi connectivity index (χ2n) is 10.8. The lowest BCUT2D eigenvalue weighted by molar-refractivity contribution is -0.137. The molecule has 4 rings (SSSR count). The normalized spacial score (nSPS) is 16.8. The molecule has 2 heterocycles. The van der Waals surface area contributed by atoms with Gasteiger partial charge in [0.05, 0.1) is 31.3 Å². The van der Waals surface area contributed by atoms with Gasteiger partial charge in [0.1, 0.15) is 0 Å². The number of anilines is 1. The summed E-state index contributed by atoms with van der Waals surface area (Å²) in [4.78, 5) is 40.8. The van der Waals surface area contributed by atoms with E-state index in [9.17, 15) is 14.4 Å². The number of ether oxygens (including phenoxy) is 2. The Morgan fingerprint density at radius 3 is 2.07 bits per heavy atom. The number of rotatable bonds is 10. The number of allylic oxidation sites excluding steroid dienone is 2. The Balaban J connectivity index is 1.33. The van der Waals surface area contributed by atoms with Crippen molar-refractivity contribution >= 4 is 23.5 Å². The van der Waals surface area contributed by atoms with Crippen LogP contribution in [0.2, 0.25) is 0 Å². The van der Waals surface area contributed by atoms with Crippen LogP contribution in [0.3, 0.4) is 0 Å². The predicted molar refractivity (Wildman–Crippen MR) is 159 cm³/mol. The van der Waals surface area contributed by atoms with Gasteiger partial charge in [-0.1, -0.05) is 42.5 Å². The molecule has 8 nitrogen and oxygen atoms in total. The molecule has 0 aromatic heterocycles. The van der Waals surface area contributed by atoms with E-state index in [1.807, 2.05) is 12.1 Å². The van der Waals surface area contributed by atoms with Crippen LogP contribution in [-0.4, -0.2) is 56.6 Å². The summed E-state index contributed by atoms with van der Waals surface area (Å²) in [6, 6.07) is 18.0. The van der Waals surface area contributed by atoms with Gasteiger partial charge in [0.2, 0.25) is 5.91 Å². The number of nitrogens with one attached hydrogen (secondary N) is 2. The molecule has 0 radical (unpaired) electrons. The van der Waals surface area contributed by atoms with Crippen molar-refractivity contribution in [1.82, 2.24) is 10.2 Å². The van der Waals surface area contributed by atoms with Crippen LogP contribution in [0.15, 0.2) is 77.1 Å². The fraction of sp³-hybridized carbons (Fsp3) is 0.424. The number of unbranched alkanes of at least 4 members (excludes halogenated alkanes) is 1. The minimum absolute atomic E-state index is 0.0601. The van der Waals surface area contributed by atoms with Crippen molar-refractivity contribution < 1.29 is 23.9 Å². The number of hydrogen-bond acceptors (Lipinski definition) is 7. The Bertz CT molecular complexity index is 1270. The first-order valence-electron chi connectivity index (χ1n) is 14.3. The number of amides is 1. The third kappa shape index (κ3) is 7.44. The highest BCUT2D eigenvalue weighted by Crippen LogP contribution is 2.39. The summed E-state index contributed by atoms with van der Waals surface area (Å²) in [7, 11) is 2.62. The lowest BCUT2D eigenvalue weighted by atomic mass is 9.80. The smallest absolute Gasteiger partial charge is 0.336 e. The van der Waals surface area contributed by atoms with Crippen molar-refractivity contribution in [3.05, 3.63) is 88.3 Å². The second kappa shape index (κ2) is 14.1. The monoisotopic (exact) mass is 559 g/mol. The molecule has 0 atom stereocenters. The van der Waals surface area contributed by atoms with Crippen LogP contribution < -0.4 is 10.6 Å². The number of piperidine rings is 1. The maximum atomic E-state index is 12.8. The molecule has 0 unspecified atom stereocenters. The van der Waals surface area contributed by atoms with Crippen LogP contribution in [-0.2, 0) is 23.9 Å². The number of likely N-dealkylation sites (tertiary alicyclic amines) is 1. The lowest BCUT2D eigenvalue weighted by Gasteiger charge is -2.32. The van der Waals surface area contributed by atoms with Gasteiger partial charge in [-0.2, -0.15) is 0 Å². The van der Waals surface area contributed by atoms with Gasteiger partial charge < -0.3 is 25.0 Å². The minimum Gasteiger partial charge on any atom is -0.466 e. The van der Waals surface area contributed by atoms with Crippen molar-refractivity contribution in [2.24, 2.45) is 0 Å². The van der Waals surface area contributed by atoms with Crippen LogP contribution in [0, 0.1) is 0 Å². The quantitative estimate of drug-likeness (QED) is 0.303. The van der Waals surface area contributed by atoms with Crippen molar-refractivity contribution in [2.75, 3.05) is 39.2 Å². The van der Waals surface area contributed by atoms with Crippen LogP contribution in [0.4, 0.5) is 5.69 Å². The van der Waals surface area contributed by atoms with E-state index in [4.69, 9.17) is 9.47 Å². The highest BCUT2D eigenvalue weighted by atomic mass is 16.5. The molecule has 0 spiro atoms. The molecule has 41 heavy (non-hydrogen) atoms. The SMILES string of the molecule is COC(=O)C1=C(C)NC(C)=C(C(=O)OC)C1c1cccc(NC(=O)CCCCN2CCC(c3ccccc3)CC2)c1. The van der Waals surface area contributed by atoms with E-state index < -0.39 is 17.9 Å². The number of nitrogens with zero attached hydrogens (tertiary/aromatic N) is 1. The fourth-order valence-corrected chi connectivity index (χ4v) is 5.94. The molecule has 1 fully saturated rings. The van der Waals surface area contributed by atoms with E-state index in [1.54, 1.807) is 26.0 Å². The molecule has 2 aromatic rings. The minimum atomic E-state index is -0.695. The van der Waals surface area contributed by atoms with Gasteiger partial charge in [-0.05, 0) is 88.3 Å². The van der Waals surface area contributed by atoms with Gasteiger partial charge >= 0.3 is 11.9 Å². The largest absolute Gasteiger partial charge is 0.466 e.